The summed E-state index contributed by atoms with van der Waals surface area (Å²) in [7, 11) is 0. The third-order valence-corrected chi connectivity index (χ3v) is 2.77. The molecule has 0 saturated heterocycles. The molecule has 3 rings (SSSR count). The molecule has 84 valence electrons. The number of hydrogen-bond acceptors (Lipinski definition) is 4. The van der Waals surface area contributed by atoms with Gasteiger partial charge in [0.2, 0.25) is 0 Å². The molecule has 1 heterocycles. The molecule has 1 aliphatic carbocycles. The van der Waals surface area contributed by atoms with Crippen LogP contribution in [0.4, 0.5) is 5.69 Å². The third kappa shape index (κ3) is 1.54. The lowest BCUT2D eigenvalue weighted by Crippen LogP contribution is -2.00. The maximum atomic E-state index is 7.55. The standard InChI is InChI=1S/C13H11N3O/c1-7-4-11-13(6-9(7)15)17-12-5-8(14)2-3-10(12)16-11/h2-6,14H,15H2,1H3. The van der Waals surface area contributed by atoms with Crippen LogP contribution in [-0.4, -0.2) is 4.98 Å². The summed E-state index contributed by atoms with van der Waals surface area (Å²) in [6, 6.07) is 8.81. The predicted octanol–water partition coefficient (Wildman–Crippen LogP) is 2.30. The van der Waals surface area contributed by atoms with E-state index < -0.39 is 0 Å². The Morgan fingerprint density at radius 1 is 1.24 bits per heavy atom. The van der Waals surface area contributed by atoms with Crippen molar-refractivity contribution in [2.24, 2.45) is 0 Å². The van der Waals surface area contributed by atoms with E-state index in [-0.39, 0.29) is 0 Å². The Balaban J connectivity index is 2.45. The van der Waals surface area contributed by atoms with Gasteiger partial charge >= 0.3 is 0 Å². The van der Waals surface area contributed by atoms with Crippen molar-refractivity contribution in [3.05, 3.63) is 41.3 Å². The van der Waals surface area contributed by atoms with Gasteiger partial charge in [0.25, 0.3) is 0 Å². The van der Waals surface area contributed by atoms with E-state index >= 15 is 0 Å². The summed E-state index contributed by atoms with van der Waals surface area (Å²) in [5.74, 6) is 0.605. The highest BCUT2D eigenvalue weighted by Gasteiger charge is 2.09. The molecule has 0 aromatic heterocycles. The van der Waals surface area contributed by atoms with Gasteiger partial charge in [-0.2, -0.15) is 0 Å². The Kier molecular flexibility index (Phi) is 1.92. The molecule has 1 aliphatic heterocycles. The minimum Gasteiger partial charge on any atom is -0.453 e. The lowest BCUT2D eigenvalue weighted by atomic mass is 10.1. The summed E-state index contributed by atoms with van der Waals surface area (Å²) in [6.45, 7) is 1.94. The van der Waals surface area contributed by atoms with Crippen LogP contribution >= 0.6 is 0 Å². The Labute approximate surface area is 97.6 Å². The quantitative estimate of drug-likeness (QED) is 0.455. The van der Waals surface area contributed by atoms with Crippen LogP contribution in [0.1, 0.15) is 5.56 Å². The molecule has 1 aromatic rings. The molecule has 0 radical (unpaired) electrons. The van der Waals surface area contributed by atoms with Gasteiger partial charge in [-0.1, -0.05) is 0 Å². The maximum absolute atomic E-state index is 7.55. The molecule has 0 amide bonds. The lowest BCUT2D eigenvalue weighted by Gasteiger charge is -2.07. The Hall–Kier alpha value is -2.36. The number of fused-ring (bicyclic) bond motifs is 2. The number of rotatable bonds is 0. The zero-order chi connectivity index (χ0) is 12.0. The maximum Gasteiger partial charge on any atom is 0.155 e. The van der Waals surface area contributed by atoms with Crippen molar-refractivity contribution in [3.8, 4) is 11.5 Å². The second-order valence-corrected chi connectivity index (χ2v) is 4.07. The number of nitrogens with two attached hydrogens (primary N) is 1. The number of benzene rings is 2. The van der Waals surface area contributed by atoms with E-state index in [1.807, 2.05) is 13.0 Å². The second kappa shape index (κ2) is 3.31. The van der Waals surface area contributed by atoms with E-state index in [0.717, 1.165) is 16.8 Å². The third-order valence-electron chi connectivity index (χ3n) is 2.77. The number of aromatic nitrogens is 1. The first-order chi connectivity index (χ1) is 8.13. The van der Waals surface area contributed by atoms with Crippen LogP contribution in [0.2, 0.25) is 0 Å². The summed E-state index contributed by atoms with van der Waals surface area (Å²) >= 11 is 0. The highest BCUT2D eigenvalue weighted by Crippen LogP contribution is 2.26. The number of nitrogen functional groups attached to an aromatic ring is 1. The minimum atomic E-state index is 0.405. The van der Waals surface area contributed by atoms with E-state index in [4.69, 9.17) is 15.6 Å². The van der Waals surface area contributed by atoms with Crippen LogP contribution < -0.4 is 11.1 Å². The van der Waals surface area contributed by atoms with Crippen molar-refractivity contribution < 1.29 is 4.42 Å². The van der Waals surface area contributed by atoms with E-state index in [0.29, 0.717) is 22.4 Å². The average Bonchev–Trinajstić information content (AvgIpc) is 2.28. The van der Waals surface area contributed by atoms with Gasteiger partial charge in [0, 0.05) is 17.8 Å². The van der Waals surface area contributed by atoms with Gasteiger partial charge in [-0.3, -0.25) is 0 Å². The van der Waals surface area contributed by atoms with Gasteiger partial charge < -0.3 is 15.6 Å². The van der Waals surface area contributed by atoms with Crippen molar-refractivity contribution in [2.75, 3.05) is 5.73 Å². The molecule has 0 unspecified atom stereocenters. The molecule has 0 fully saturated rings. The molecular weight excluding hydrogens is 214 g/mol. The topological polar surface area (TPSA) is 75.9 Å². The summed E-state index contributed by atoms with van der Waals surface area (Å²) in [6.07, 6.45) is 0. The van der Waals surface area contributed by atoms with Gasteiger partial charge in [-0.05, 0) is 30.7 Å². The number of nitrogens with one attached hydrogen (secondary N) is 1. The second-order valence-electron chi connectivity index (χ2n) is 4.07. The van der Waals surface area contributed by atoms with Crippen LogP contribution in [0.25, 0.3) is 22.6 Å². The van der Waals surface area contributed by atoms with Crippen LogP contribution in [-0.2, 0) is 0 Å². The number of anilines is 1. The molecule has 0 atom stereocenters. The van der Waals surface area contributed by atoms with Gasteiger partial charge in [-0.15, -0.1) is 0 Å². The summed E-state index contributed by atoms with van der Waals surface area (Å²) < 4.78 is 5.70. The zero-order valence-corrected chi connectivity index (χ0v) is 9.32. The first-order valence-electron chi connectivity index (χ1n) is 5.29. The Bertz CT molecular complexity index is 745. The molecule has 2 aliphatic rings. The first kappa shape index (κ1) is 9.84. The molecule has 0 bridgehead atoms. The SMILES string of the molecule is Cc1cc2nc3ccc(=N)cc-3oc2cc1N. The van der Waals surface area contributed by atoms with E-state index in [1.54, 1.807) is 24.3 Å². The molecule has 4 nitrogen and oxygen atoms in total. The van der Waals surface area contributed by atoms with Crippen LogP contribution in [0.3, 0.4) is 0 Å². The number of aryl methyl sites for hydroxylation is 1. The van der Waals surface area contributed by atoms with Crippen LogP contribution in [0.15, 0.2) is 34.7 Å². The van der Waals surface area contributed by atoms with E-state index in [2.05, 4.69) is 4.98 Å². The normalized spacial score (nSPS) is 11.1. The Morgan fingerprint density at radius 2 is 2.06 bits per heavy atom. The summed E-state index contributed by atoms with van der Waals surface area (Å²) in [5.41, 5.74) is 9.67. The van der Waals surface area contributed by atoms with Crippen LogP contribution in [0, 0.1) is 12.3 Å². The monoisotopic (exact) mass is 225 g/mol. The molecule has 4 heteroatoms. The van der Waals surface area contributed by atoms with Gasteiger partial charge in [0.15, 0.2) is 11.3 Å². The first-order valence-corrected chi connectivity index (χ1v) is 5.29. The van der Waals surface area contributed by atoms with Gasteiger partial charge in [0.1, 0.15) is 11.2 Å². The number of hydrogen-bond donors (Lipinski definition) is 2. The van der Waals surface area contributed by atoms with Crippen LogP contribution in [0.5, 0.6) is 0 Å². The molecule has 0 saturated carbocycles. The number of nitrogens with zero attached hydrogens (tertiary/aromatic N) is 1. The van der Waals surface area contributed by atoms with E-state index in [1.165, 1.54) is 0 Å². The zero-order valence-electron chi connectivity index (χ0n) is 9.32. The highest BCUT2D eigenvalue weighted by atomic mass is 16.3. The minimum absolute atomic E-state index is 0.405. The fourth-order valence-electron chi connectivity index (χ4n) is 1.79. The molecule has 17 heavy (non-hydrogen) atoms. The summed E-state index contributed by atoms with van der Waals surface area (Å²) in [5, 5.41) is 7.95. The average molecular weight is 225 g/mol. The van der Waals surface area contributed by atoms with Crippen molar-refractivity contribution in [2.45, 2.75) is 6.92 Å². The van der Waals surface area contributed by atoms with Gasteiger partial charge in [0.05, 0.1) is 5.36 Å². The summed E-state index contributed by atoms with van der Waals surface area (Å²) in [4.78, 5) is 4.49. The van der Waals surface area contributed by atoms with E-state index in [9.17, 15) is 0 Å². The fourth-order valence-corrected chi connectivity index (χ4v) is 1.79. The smallest absolute Gasteiger partial charge is 0.155 e. The Morgan fingerprint density at radius 3 is 2.88 bits per heavy atom. The predicted molar refractivity (Wildman–Crippen MR) is 65.6 cm³/mol. The van der Waals surface area contributed by atoms with Crippen molar-refractivity contribution in [3.63, 3.8) is 0 Å². The largest absolute Gasteiger partial charge is 0.453 e. The van der Waals surface area contributed by atoms with Crippen molar-refractivity contribution in [1.82, 2.24) is 4.98 Å². The van der Waals surface area contributed by atoms with Gasteiger partial charge in [-0.25, -0.2) is 4.98 Å². The lowest BCUT2D eigenvalue weighted by molar-refractivity contribution is 0.612. The molecule has 3 N–H and O–H groups in total. The van der Waals surface area contributed by atoms with Crippen molar-refractivity contribution >= 4 is 16.8 Å². The fraction of sp³-hybridized carbons (Fsp3) is 0.0769. The highest BCUT2D eigenvalue weighted by molar-refractivity contribution is 5.80. The molecular formula is C13H11N3O. The van der Waals surface area contributed by atoms with Crippen molar-refractivity contribution in [1.29, 1.82) is 5.41 Å². The molecule has 1 aromatic carbocycles. The molecule has 0 spiro atoms.